The third-order valence-corrected chi connectivity index (χ3v) is 4.14. The lowest BCUT2D eigenvalue weighted by Gasteiger charge is -2.37. The van der Waals surface area contributed by atoms with Crippen LogP contribution in [-0.4, -0.2) is 65.3 Å². The zero-order valence-corrected chi connectivity index (χ0v) is 12.9. The maximum atomic E-state index is 5.15. The molecule has 20 heavy (non-hydrogen) atoms. The molecule has 1 N–H and O–H groups in total. The van der Waals surface area contributed by atoms with Crippen LogP contribution in [0.5, 0.6) is 0 Å². The van der Waals surface area contributed by atoms with Gasteiger partial charge in [0.05, 0.1) is 6.54 Å². The van der Waals surface area contributed by atoms with E-state index in [2.05, 4.69) is 25.3 Å². The number of aryl methyl sites for hydroxylation is 1. The quantitative estimate of drug-likeness (QED) is 0.876. The van der Waals surface area contributed by atoms with Crippen LogP contribution >= 0.6 is 12.4 Å². The van der Waals surface area contributed by atoms with Gasteiger partial charge < -0.3 is 9.84 Å². The SMILES string of the molecule is CCc1nc(CN2CCN(C3CCNC3)CC2)no1.Cl. The molecule has 0 bridgehead atoms. The number of hydrogen-bond acceptors (Lipinski definition) is 6. The summed E-state index contributed by atoms with van der Waals surface area (Å²) in [5.41, 5.74) is 0. The van der Waals surface area contributed by atoms with E-state index in [0.717, 1.165) is 63.4 Å². The van der Waals surface area contributed by atoms with E-state index in [0.29, 0.717) is 0 Å². The summed E-state index contributed by atoms with van der Waals surface area (Å²) in [5.74, 6) is 1.57. The van der Waals surface area contributed by atoms with Crippen molar-refractivity contribution in [1.29, 1.82) is 0 Å². The first-order chi connectivity index (χ1) is 9.35. The van der Waals surface area contributed by atoms with Gasteiger partial charge in [-0.3, -0.25) is 9.80 Å². The van der Waals surface area contributed by atoms with Crippen molar-refractivity contribution >= 4 is 12.4 Å². The molecule has 1 unspecified atom stereocenters. The Labute approximate surface area is 126 Å². The molecule has 0 radical (unpaired) electrons. The number of nitrogens with zero attached hydrogens (tertiary/aromatic N) is 4. The molecule has 0 saturated carbocycles. The van der Waals surface area contributed by atoms with Gasteiger partial charge >= 0.3 is 0 Å². The predicted molar refractivity (Wildman–Crippen MR) is 79.0 cm³/mol. The number of nitrogens with one attached hydrogen (secondary N) is 1. The van der Waals surface area contributed by atoms with Crippen molar-refractivity contribution in [1.82, 2.24) is 25.3 Å². The van der Waals surface area contributed by atoms with Crippen molar-refractivity contribution in [3.05, 3.63) is 11.7 Å². The Morgan fingerprint density at radius 1 is 1.30 bits per heavy atom. The highest BCUT2D eigenvalue weighted by molar-refractivity contribution is 5.85. The van der Waals surface area contributed by atoms with Crippen molar-refractivity contribution in [3.63, 3.8) is 0 Å². The summed E-state index contributed by atoms with van der Waals surface area (Å²) in [7, 11) is 0. The van der Waals surface area contributed by atoms with Crippen molar-refractivity contribution in [3.8, 4) is 0 Å². The van der Waals surface area contributed by atoms with Gasteiger partial charge in [0, 0.05) is 45.2 Å². The molecule has 0 aliphatic carbocycles. The molecule has 7 heteroatoms. The second kappa shape index (κ2) is 7.36. The van der Waals surface area contributed by atoms with Crippen LogP contribution in [0.4, 0.5) is 0 Å². The normalized spacial score (nSPS) is 24.8. The molecule has 1 aromatic rings. The third kappa shape index (κ3) is 3.69. The Kier molecular flexibility index (Phi) is 5.77. The van der Waals surface area contributed by atoms with Crippen LogP contribution in [-0.2, 0) is 13.0 Å². The molecule has 1 atom stereocenters. The molecular formula is C13H24ClN5O. The maximum Gasteiger partial charge on any atom is 0.226 e. The number of halogens is 1. The fourth-order valence-corrected chi connectivity index (χ4v) is 2.94. The number of aromatic nitrogens is 2. The molecule has 0 spiro atoms. The Hall–Kier alpha value is -0.690. The van der Waals surface area contributed by atoms with Gasteiger partial charge in [0.1, 0.15) is 0 Å². The summed E-state index contributed by atoms with van der Waals surface area (Å²) in [6.07, 6.45) is 2.11. The van der Waals surface area contributed by atoms with Gasteiger partial charge in [-0.25, -0.2) is 0 Å². The van der Waals surface area contributed by atoms with Crippen LogP contribution < -0.4 is 5.32 Å². The molecule has 0 amide bonds. The second-order valence-corrected chi connectivity index (χ2v) is 5.42. The van der Waals surface area contributed by atoms with E-state index in [1.54, 1.807) is 0 Å². The van der Waals surface area contributed by atoms with Crippen LogP contribution in [0.15, 0.2) is 4.52 Å². The smallest absolute Gasteiger partial charge is 0.226 e. The standard InChI is InChI=1S/C13H23N5O.ClH/c1-2-13-15-12(16-19-13)10-17-5-7-18(8-6-17)11-3-4-14-9-11;/h11,14H,2-10H2,1H3;1H. The fourth-order valence-electron chi connectivity index (χ4n) is 2.94. The molecular weight excluding hydrogens is 278 g/mol. The highest BCUT2D eigenvalue weighted by Crippen LogP contribution is 2.13. The summed E-state index contributed by atoms with van der Waals surface area (Å²) in [5, 5.41) is 7.47. The first-order valence-electron chi connectivity index (χ1n) is 7.33. The van der Waals surface area contributed by atoms with Gasteiger partial charge in [-0.15, -0.1) is 12.4 Å². The monoisotopic (exact) mass is 301 g/mol. The van der Waals surface area contributed by atoms with Crippen molar-refractivity contribution in [2.24, 2.45) is 0 Å². The third-order valence-electron chi connectivity index (χ3n) is 4.14. The van der Waals surface area contributed by atoms with Gasteiger partial charge in [-0.2, -0.15) is 4.98 Å². The molecule has 0 aromatic carbocycles. The summed E-state index contributed by atoms with van der Waals surface area (Å²) in [6, 6.07) is 0.749. The zero-order valence-electron chi connectivity index (χ0n) is 12.0. The lowest BCUT2D eigenvalue weighted by Crippen LogP contribution is -2.50. The lowest BCUT2D eigenvalue weighted by molar-refractivity contribution is 0.0959. The van der Waals surface area contributed by atoms with Crippen LogP contribution in [0.25, 0.3) is 0 Å². The minimum atomic E-state index is 0. The van der Waals surface area contributed by atoms with Crippen molar-refractivity contribution < 1.29 is 4.52 Å². The number of piperazine rings is 1. The Morgan fingerprint density at radius 2 is 2.10 bits per heavy atom. The van der Waals surface area contributed by atoms with Gasteiger partial charge in [0.25, 0.3) is 0 Å². The van der Waals surface area contributed by atoms with Gasteiger partial charge in [0.15, 0.2) is 5.82 Å². The molecule has 2 fully saturated rings. The van der Waals surface area contributed by atoms with Crippen LogP contribution in [0.1, 0.15) is 25.1 Å². The van der Waals surface area contributed by atoms with E-state index in [9.17, 15) is 0 Å². The number of rotatable bonds is 4. The van der Waals surface area contributed by atoms with Gasteiger partial charge in [0.2, 0.25) is 5.89 Å². The highest BCUT2D eigenvalue weighted by atomic mass is 35.5. The van der Waals surface area contributed by atoms with E-state index in [1.165, 1.54) is 13.0 Å². The van der Waals surface area contributed by atoms with E-state index >= 15 is 0 Å². The topological polar surface area (TPSA) is 57.4 Å². The van der Waals surface area contributed by atoms with Crippen LogP contribution in [0.3, 0.4) is 0 Å². The average molecular weight is 302 g/mol. The molecule has 3 rings (SSSR count). The molecule has 114 valence electrons. The molecule has 2 aliphatic rings. The summed E-state index contributed by atoms with van der Waals surface area (Å²) in [6.45, 7) is 9.71. The lowest BCUT2D eigenvalue weighted by atomic mass is 10.2. The molecule has 6 nitrogen and oxygen atoms in total. The Bertz CT molecular complexity index is 399. The predicted octanol–water partition coefficient (Wildman–Crippen LogP) is 0.533. The van der Waals surface area contributed by atoms with E-state index < -0.39 is 0 Å². The molecule has 3 heterocycles. The van der Waals surface area contributed by atoms with E-state index in [-0.39, 0.29) is 12.4 Å². The van der Waals surface area contributed by atoms with Crippen LogP contribution in [0, 0.1) is 0 Å². The van der Waals surface area contributed by atoms with Crippen molar-refractivity contribution in [2.45, 2.75) is 32.4 Å². The summed E-state index contributed by atoms with van der Waals surface area (Å²) in [4.78, 5) is 9.41. The minimum absolute atomic E-state index is 0. The number of hydrogen-bond donors (Lipinski definition) is 1. The second-order valence-electron chi connectivity index (χ2n) is 5.42. The fraction of sp³-hybridized carbons (Fsp3) is 0.846. The van der Waals surface area contributed by atoms with E-state index in [1.807, 2.05) is 6.92 Å². The van der Waals surface area contributed by atoms with E-state index in [4.69, 9.17) is 4.52 Å². The molecule has 1 aromatic heterocycles. The zero-order chi connectivity index (χ0) is 13.1. The maximum absolute atomic E-state index is 5.15. The summed E-state index contributed by atoms with van der Waals surface area (Å²) < 4.78 is 5.15. The highest BCUT2D eigenvalue weighted by Gasteiger charge is 2.26. The summed E-state index contributed by atoms with van der Waals surface area (Å²) >= 11 is 0. The first kappa shape index (κ1) is 15.7. The average Bonchev–Trinajstić information content (AvgIpc) is 3.10. The van der Waals surface area contributed by atoms with Gasteiger partial charge in [-0.05, 0) is 13.0 Å². The molecule has 2 aliphatic heterocycles. The van der Waals surface area contributed by atoms with Gasteiger partial charge in [-0.1, -0.05) is 12.1 Å². The largest absolute Gasteiger partial charge is 0.339 e. The molecule has 2 saturated heterocycles. The Balaban J connectivity index is 0.00000147. The Morgan fingerprint density at radius 3 is 2.70 bits per heavy atom. The van der Waals surface area contributed by atoms with Crippen LogP contribution in [0.2, 0.25) is 0 Å². The minimum Gasteiger partial charge on any atom is -0.339 e. The van der Waals surface area contributed by atoms with Crippen molar-refractivity contribution in [2.75, 3.05) is 39.3 Å². The first-order valence-corrected chi connectivity index (χ1v) is 7.33.